The molecule has 8 heteroatoms. The van der Waals surface area contributed by atoms with Gasteiger partial charge in [-0.25, -0.2) is 4.39 Å². The number of halogens is 6. The lowest BCUT2D eigenvalue weighted by atomic mass is 10.3. The third-order valence-electron chi connectivity index (χ3n) is 1.90. The first-order chi connectivity index (χ1) is 8.16. The predicted molar refractivity (Wildman–Crippen MR) is 54.7 cm³/mol. The van der Waals surface area contributed by atoms with Gasteiger partial charge in [-0.2, -0.15) is 22.0 Å². The molecule has 0 bridgehead atoms. The van der Waals surface area contributed by atoms with Crippen molar-refractivity contribution in [3.8, 4) is 5.75 Å². The summed E-state index contributed by atoms with van der Waals surface area (Å²) in [5, 5.41) is 0. The Morgan fingerprint density at radius 2 is 1.56 bits per heavy atom. The van der Waals surface area contributed by atoms with Gasteiger partial charge in [-0.15, -0.1) is 11.8 Å². The van der Waals surface area contributed by atoms with E-state index in [1.807, 2.05) is 0 Å². The molecule has 1 atom stereocenters. The van der Waals surface area contributed by atoms with E-state index in [1.54, 1.807) is 6.26 Å². The summed E-state index contributed by atoms with van der Waals surface area (Å²) in [7, 11) is 0. The normalized spacial score (nSPS) is 14.4. The van der Waals surface area contributed by atoms with Crippen LogP contribution >= 0.6 is 11.8 Å². The van der Waals surface area contributed by atoms with Crippen molar-refractivity contribution in [3.63, 3.8) is 0 Å². The molecule has 1 rings (SSSR count). The van der Waals surface area contributed by atoms with Gasteiger partial charge in [-0.05, 0) is 30.5 Å². The topological polar surface area (TPSA) is 9.23 Å². The molecular formula is C10H8F6OS. The number of rotatable bonds is 4. The van der Waals surface area contributed by atoms with Gasteiger partial charge in [0.2, 0.25) is 0 Å². The highest BCUT2D eigenvalue weighted by Crippen LogP contribution is 2.36. The van der Waals surface area contributed by atoms with Gasteiger partial charge in [0.1, 0.15) is 5.75 Å². The summed E-state index contributed by atoms with van der Waals surface area (Å²) < 4.78 is 77.5. The lowest BCUT2D eigenvalue weighted by Gasteiger charge is -2.23. The fraction of sp³-hybridized carbons (Fsp3) is 0.400. The molecule has 0 aliphatic heterocycles. The maximum Gasteiger partial charge on any atom is 0.439 e. The predicted octanol–water partition coefficient (Wildman–Crippen LogP) is 4.28. The zero-order valence-corrected chi connectivity index (χ0v) is 9.79. The number of alkyl halides is 6. The molecule has 0 spiro atoms. The molecule has 102 valence electrons. The fourth-order valence-electron chi connectivity index (χ4n) is 1.04. The number of thioether (sulfide) groups is 1. The van der Waals surface area contributed by atoms with Crippen molar-refractivity contribution < 1.29 is 31.1 Å². The van der Waals surface area contributed by atoms with E-state index < -0.39 is 24.2 Å². The summed E-state index contributed by atoms with van der Waals surface area (Å²) in [5.41, 5.74) is 0. The largest absolute Gasteiger partial charge is 0.439 e. The third kappa shape index (κ3) is 3.72. The maximum absolute atomic E-state index is 12.9. The molecule has 0 aromatic heterocycles. The van der Waals surface area contributed by atoms with Crippen LogP contribution in [0.4, 0.5) is 26.3 Å². The smallest absolute Gasteiger partial charge is 0.430 e. The van der Waals surface area contributed by atoms with Gasteiger partial charge in [0.25, 0.3) is 6.17 Å². The Morgan fingerprint density at radius 3 is 1.94 bits per heavy atom. The molecule has 0 N–H and O–H groups in total. The minimum Gasteiger partial charge on any atom is -0.430 e. The standard InChI is InChI=1S/C10H8F6OS/c1-18-7-4-2-6(3-5-7)17-10(15,16)8(11)9(12,13)14/h2-5,8H,1H3. The number of hydrogen-bond acceptors (Lipinski definition) is 2. The lowest BCUT2D eigenvalue weighted by Crippen LogP contribution is -2.45. The van der Waals surface area contributed by atoms with Crippen LogP contribution in [0.15, 0.2) is 29.2 Å². The van der Waals surface area contributed by atoms with Crippen molar-refractivity contribution in [2.24, 2.45) is 0 Å². The SMILES string of the molecule is CSc1ccc(OC(F)(F)C(F)C(F)(F)F)cc1. The van der Waals surface area contributed by atoms with E-state index in [4.69, 9.17) is 0 Å². The van der Waals surface area contributed by atoms with Gasteiger partial charge in [-0.1, -0.05) is 0 Å². The molecular weight excluding hydrogens is 282 g/mol. The molecule has 1 aromatic rings. The Morgan fingerprint density at radius 1 is 1.06 bits per heavy atom. The van der Waals surface area contributed by atoms with Crippen LogP contribution in [-0.2, 0) is 0 Å². The van der Waals surface area contributed by atoms with Crippen LogP contribution in [0, 0.1) is 0 Å². The molecule has 18 heavy (non-hydrogen) atoms. The summed E-state index contributed by atoms with van der Waals surface area (Å²) in [4.78, 5) is 0.707. The van der Waals surface area contributed by atoms with Crippen molar-refractivity contribution in [1.82, 2.24) is 0 Å². The van der Waals surface area contributed by atoms with Crippen LogP contribution in [0.5, 0.6) is 5.75 Å². The molecule has 0 saturated carbocycles. The number of ether oxygens (including phenoxy) is 1. The Kier molecular flexibility index (Phi) is 4.41. The van der Waals surface area contributed by atoms with Crippen LogP contribution in [0.1, 0.15) is 0 Å². The number of hydrogen-bond donors (Lipinski definition) is 0. The van der Waals surface area contributed by atoms with Gasteiger partial charge in [-0.3, -0.25) is 0 Å². The molecule has 0 fully saturated rings. The molecule has 1 nitrogen and oxygen atoms in total. The molecule has 0 saturated heterocycles. The Labute approximate surface area is 103 Å². The molecule has 0 amide bonds. The van der Waals surface area contributed by atoms with Crippen molar-refractivity contribution in [3.05, 3.63) is 24.3 Å². The average Bonchev–Trinajstić information content (AvgIpc) is 2.27. The van der Waals surface area contributed by atoms with Crippen LogP contribution < -0.4 is 4.74 Å². The van der Waals surface area contributed by atoms with E-state index >= 15 is 0 Å². The zero-order valence-electron chi connectivity index (χ0n) is 8.97. The van der Waals surface area contributed by atoms with Crippen molar-refractivity contribution in [1.29, 1.82) is 0 Å². The quantitative estimate of drug-likeness (QED) is 0.604. The van der Waals surface area contributed by atoms with Gasteiger partial charge < -0.3 is 4.74 Å². The van der Waals surface area contributed by atoms with Crippen molar-refractivity contribution >= 4 is 11.8 Å². The van der Waals surface area contributed by atoms with E-state index in [1.165, 1.54) is 23.9 Å². The molecule has 0 aliphatic rings. The van der Waals surface area contributed by atoms with Crippen molar-refractivity contribution in [2.75, 3.05) is 6.26 Å². The molecule has 1 aromatic carbocycles. The van der Waals surface area contributed by atoms with E-state index in [0.717, 1.165) is 12.1 Å². The van der Waals surface area contributed by atoms with Gasteiger partial charge in [0.15, 0.2) is 0 Å². The minimum atomic E-state index is -5.68. The molecule has 0 heterocycles. The second-order valence-corrected chi connectivity index (χ2v) is 4.12. The van der Waals surface area contributed by atoms with E-state index in [2.05, 4.69) is 4.74 Å². The van der Waals surface area contributed by atoms with Crippen LogP contribution in [-0.4, -0.2) is 24.7 Å². The Balaban J connectivity index is 2.81. The fourth-order valence-corrected chi connectivity index (χ4v) is 1.45. The molecule has 0 aliphatic carbocycles. The second-order valence-electron chi connectivity index (χ2n) is 3.24. The first-order valence-corrected chi connectivity index (χ1v) is 5.81. The monoisotopic (exact) mass is 290 g/mol. The first kappa shape index (κ1) is 15.0. The van der Waals surface area contributed by atoms with E-state index in [0.29, 0.717) is 4.90 Å². The zero-order chi connectivity index (χ0) is 14.0. The van der Waals surface area contributed by atoms with Crippen LogP contribution in [0.25, 0.3) is 0 Å². The molecule has 1 unspecified atom stereocenters. The average molecular weight is 290 g/mol. The third-order valence-corrected chi connectivity index (χ3v) is 2.64. The summed E-state index contributed by atoms with van der Waals surface area (Å²) in [6, 6.07) is 4.83. The van der Waals surface area contributed by atoms with Gasteiger partial charge in [0, 0.05) is 4.90 Å². The number of benzene rings is 1. The highest BCUT2D eigenvalue weighted by molar-refractivity contribution is 7.98. The maximum atomic E-state index is 12.9. The highest BCUT2D eigenvalue weighted by Gasteiger charge is 2.59. The second kappa shape index (κ2) is 5.29. The van der Waals surface area contributed by atoms with Crippen molar-refractivity contribution in [2.45, 2.75) is 23.4 Å². The van der Waals surface area contributed by atoms with Gasteiger partial charge >= 0.3 is 12.3 Å². The lowest BCUT2D eigenvalue weighted by molar-refractivity contribution is -0.304. The summed E-state index contributed by atoms with van der Waals surface area (Å²) >= 11 is 1.31. The first-order valence-electron chi connectivity index (χ1n) is 4.58. The van der Waals surface area contributed by atoms with Crippen LogP contribution in [0.3, 0.4) is 0 Å². The van der Waals surface area contributed by atoms with E-state index in [9.17, 15) is 26.3 Å². The summed E-state index contributed by atoms with van der Waals surface area (Å²) in [5.74, 6) is -0.537. The Bertz CT molecular complexity index is 388. The summed E-state index contributed by atoms with van der Waals surface area (Å²) in [6.45, 7) is 0. The minimum absolute atomic E-state index is 0.537. The van der Waals surface area contributed by atoms with E-state index in [-0.39, 0.29) is 0 Å². The van der Waals surface area contributed by atoms with Crippen LogP contribution in [0.2, 0.25) is 0 Å². The molecule has 0 radical (unpaired) electrons. The highest BCUT2D eigenvalue weighted by atomic mass is 32.2. The Hall–Kier alpha value is -1.05. The van der Waals surface area contributed by atoms with Gasteiger partial charge in [0.05, 0.1) is 0 Å². The summed E-state index contributed by atoms with van der Waals surface area (Å²) in [6.07, 6.45) is -13.3.